The summed E-state index contributed by atoms with van der Waals surface area (Å²) in [4.78, 5) is 2.70. The number of methoxy groups -OCH3 is 1. The van der Waals surface area contributed by atoms with E-state index in [1.807, 2.05) is 0 Å². The van der Waals surface area contributed by atoms with Crippen LogP contribution in [0.1, 0.15) is 12.8 Å². The predicted molar refractivity (Wildman–Crippen MR) is 61.4 cm³/mol. The van der Waals surface area contributed by atoms with Gasteiger partial charge in [-0.3, -0.25) is 4.90 Å². The summed E-state index contributed by atoms with van der Waals surface area (Å²) in [6, 6.07) is 0. The fourth-order valence-corrected chi connectivity index (χ4v) is 1.32. The molecule has 0 aromatic carbocycles. The molecule has 0 heterocycles. The number of aliphatic hydroxyl groups is 1. The average molecular weight is 220 g/mol. The van der Waals surface area contributed by atoms with Crippen LogP contribution in [0.3, 0.4) is 0 Å². The van der Waals surface area contributed by atoms with Crippen molar-refractivity contribution in [2.45, 2.75) is 12.8 Å². The highest BCUT2D eigenvalue weighted by molar-refractivity contribution is 7.80. The monoisotopic (exact) mass is 220 g/mol. The van der Waals surface area contributed by atoms with Gasteiger partial charge in [-0.2, -0.15) is 0 Å². The second-order valence-corrected chi connectivity index (χ2v) is 3.65. The van der Waals surface area contributed by atoms with Crippen LogP contribution in [0.25, 0.3) is 0 Å². The number of aliphatic hydroxyl groups excluding tert-OH is 1. The van der Waals surface area contributed by atoms with Gasteiger partial charge in [0.05, 0.1) is 18.2 Å². The van der Waals surface area contributed by atoms with Gasteiger partial charge < -0.3 is 15.6 Å². The maximum absolute atomic E-state index is 8.81. The Morgan fingerprint density at radius 2 is 2.14 bits per heavy atom. The summed E-state index contributed by atoms with van der Waals surface area (Å²) >= 11 is 4.78. The van der Waals surface area contributed by atoms with Gasteiger partial charge in [-0.15, -0.1) is 0 Å². The van der Waals surface area contributed by atoms with Gasteiger partial charge in [0, 0.05) is 20.2 Å². The van der Waals surface area contributed by atoms with Crippen molar-refractivity contribution < 1.29 is 9.84 Å². The first-order valence-electron chi connectivity index (χ1n) is 4.81. The van der Waals surface area contributed by atoms with E-state index in [4.69, 9.17) is 27.8 Å². The van der Waals surface area contributed by atoms with Crippen LogP contribution in [0.5, 0.6) is 0 Å². The Morgan fingerprint density at radius 3 is 2.64 bits per heavy atom. The van der Waals surface area contributed by atoms with E-state index in [0.29, 0.717) is 18.1 Å². The normalized spacial score (nSPS) is 10.8. The first-order chi connectivity index (χ1) is 6.70. The SMILES string of the molecule is COCCN(CCO)CCCC(N)=S. The highest BCUT2D eigenvalue weighted by atomic mass is 32.1. The molecular weight excluding hydrogens is 200 g/mol. The number of nitrogens with two attached hydrogens (primary N) is 1. The standard InChI is InChI=1S/C9H20N2O2S/c1-13-8-6-11(5-7-12)4-2-3-9(10)14/h12H,2-8H2,1H3,(H2,10,14). The summed E-state index contributed by atoms with van der Waals surface area (Å²) in [5.41, 5.74) is 5.39. The molecule has 0 bridgehead atoms. The van der Waals surface area contributed by atoms with Crippen LogP contribution in [0.4, 0.5) is 0 Å². The van der Waals surface area contributed by atoms with E-state index < -0.39 is 0 Å². The number of nitrogens with zero attached hydrogens (tertiary/aromatic N) is 1. The van der Waals surface area contributed by atoms with Gasteiger partial charge in [0.15, 0.2) is 0 Å². The summed E-state index contributed by atoms with van der Waals surface area (Å²) in [5.74, 6) is 0. The molecule has 0 amide bonds. The molecule has 3 N–H and O–H groups in total. The minimum absolute atomic E-state index is 0.177. The Hall–Kier alpha value is -0.230. The molecular formula is C9H20N2O2S. The summed E-state index contributed by atoms with van der Waals surface area (Å²) in [6.07, 6.45) is 1.71. The fourth-order valence-electron chi connectivity index (χ4n) is 1.17. The summed E-state index contributed by atoms with van der Waals surface area (Å²) < 4.78 is 4.97. The lowest BCUT2D eigenvalue weighted by Gasteiger charge is -2.20. The van der Waals surface area contributed by atoms with Gasteiger partial charge in [-0.05, 0) is 19.4 Å². The molecule has 0 saturated heterocycles. The largest absolute Gasteiger partial charge is 0.395 e. The third-order valence-electron chi connectivity index (χ3n) is 1.93. The zero-order valence-corrected chi connectivity index (χ0v) is 9.55. The second-order valence-electron chi connectivity index (χ2n) is 3.13. The number of hydrogen-bond acceptors (Lipinski definition) is 4. The smallest absolute Gasteiger partial charge is 0.0727 e. The summed E-state index contributed by atoms with van der Waals surface area (Å²) in [7, 11) is 1.67. The van der Waals surface area contributed by atoms with Crippen LogP contribution in [0, 0.1) is 0 Å². The Labute approximate surface area is 91.0 Å². The topological polar surface area (TPSA) is 58.7 Å². The lowest BCUT2D eigenvalue weighted by Crippen LogP contribution is -2.31. The van der Waals surface area contributed by atoms with Crippen molar-refractivity contribution >= 4 is 17.2 Å². The molecule has 14 heavy (non-hydrogen) atoms. The van der Waals surface area contributed by atoms with Crippen molar-refractivity contribution in [3.63, 3.8) is 0 Å². The Kier molecular flexibility index (Phi) is 9.18. The minimum atomic E-state index is 0.177. The number of thiocarbonyl (C=S) groups is 1. The lowest BCUT2D eigenvalue weighted by molar-refractivity contribution is 0.130. The maximum Gasteiger partial charge on any atom is 0.0727 e. The number of rotatable bonds is 9. The van der Waals surface area contributed by atoms with Crippen LogP contribution >= 0.6 is 12.2 Å². The van der Waals surface area contributed by atoms with Crippen molar-refractivity contribution in [1.82, 2.24) is 4.90 Å². The van der Waals surface area contributed by atoms with Crippen molar-refractivity contribution in [3.05, 3.63) is 0 Å². The van der Waals surface area contributed by atoms with E-state index in [1.54, 1.807) is 7.11 Å². The molecule has 0 aliphatic heterocycles. The van der Waals surface area contributed by atoms with Crippen LogP contribution < -0.4 is 5.73 Å². The summed E-state index contributed by atoms with van der Waals surface area (Å²) in [6.45, 7) is 3.29. The van der Waals surface area contributed by atoms with E-state index in [0.717, 1.165) is 25.9 Å². The van der Waals surface area contributed by atoms with Crippen LogP contribution in [0.15, 0.2) is 0 Å². The molecule has 0 rings (SSSR count). The molecule has 0 radical (unpaired) electrons. The molecule has 0 aromatic heterocycles. The molecule has 0 aliphatic carbocycles. The third kappa shape index (κ3) is 8.37. The van der Waals surface area contributed by atoms with Crippen molar-refractivity contribution in [2.24, 2.45) is 5.73 Å². The van der Waals surface area contributed by atoms with Gasteiger partial charge in [-0.1, -0.05) is 12.2 Å². The van der Waals surface area contributed by atoms with Gasteiger partial charge in [0.25, 0.3) is 0 Å². The molecule has 0 aliphatic rings. The quantitative estimate of drug-likeness (QED) is 0.535. The molecule has 84 valence electrons. The van der Waals surface area contributed by atoms with Crippen molar-refractivity contribution in [2.75, 3.05) is 40.0 Å². The van der Waals surface area contributed by atoms with Crippen LogP contribution in [-0.4, -0.2) is 55.0 Å². The van der Waals surface area contributed by atoms with Crippen molar-refractivity contribution in [1.29, 1.82) is 0 Å². The highest BCUT2D eigenvalue weighted by Gasteiger charge is 2.03. The van der Waals surface area contributed by atoms with E-state index in [-0.39, 0.29) is 6.61 Å². The van der Waals surface area contributed by atoms with Gasteiger partial charge in [0.1, 0.15) is 0 Å². The Balaban J connectivity index is 3.55. The van der Waals surface area contributed by atoms with E-state index in [2.05, 4.69) is 4.90 Å². The fraction of sp³-hybridized carbons (Fsp3) is 0.889. The second kappa shape index (κ2) is 9.33. The lowest BCUT2D eigenvalue weighted by atomic mass is 10.3. The first kappa shape index (κ1) is 13.8. The maximum atomic E-state index is 8.81. The average Bonchev–Trinajstić information content (AvgIpc) is 2.13. The summed E-state index contributed by atoms with van der Waals surface area (Å²) in [5, 5.41) is 8.81. The molecule has 0 atom stereocenters. The highest BCUT2D eigenvalue weighted by Crippen LogP contribution is 1.95. The molecule has 0 unspecified atom stereocenters. The zero-order valence-electron chi connectivity index (χ0n) is 8.74. The number of ether oxygens (including phenoxy) is 1. The molecule has 0 fully saturated rings. The molecule has 5 heteroatoms. The Bertz CT molecular complexity index is 156. The minimum Gasteiger partial charge on any atom is -0.395 e. The molecule has 0 spiro atoms. The third-order valence-corrected chi connectivity index (χ3v) is 2.13. The predicted octanol–water partition coefficient (Wildman–Crippen LogP) is -0.00660. The molecule has 0 saturated carbocycles. The van der Waals surface area contributed by atoms with Gasteiger partial charge in [0.2, 0.25) is 0 Å². The molecule has 4 nitrogen and oxygen atoms in total. The molecule has 0 aromatic rings. The van der Waals surface area contributed by atoms with E-state index in [9.17, 15) is 0 Å². The van der Waals surface area contributed by atoms with Crippen molar-refractivity contribution in [3.8, 4) is 0 Å². The Morgan fingerprint density at radius 1 is 1.43 bits per heavy atom. The zero-order chi connectivity index (χ0) is 10.8. The van der Waals surface area contributed by atoms with E-state index >= 15 is 0 Å². The van der Waals surface area contributed by atoms with Gasteiger partial charge >= 0.3 is 0 Å². The van der Waals surface area contributed by atoms with Gasteiger partial charge in [-0.25, -0.2) is 0 Å². The first-order valence-corrected chi connectivity index (χ1v) is 5.22. The van der Waals surface area contributed by atoms with Crippen LogP contribution in [-0.2, 0) is 4.74 Å². The number of hydrogen-bond donors (Lipinski definition) is 2. The van der Waals surface area contributed by atoms with Crippen LogP contribution in [0.2, 0.25) is 0 Å². The van der Waals surface area contributed by atoms with E-state index in [1.165, 1.54) is 0 Å².